The van der Waals surface area contributed by atoms with Crippen LogP contribution in [0.2, 0.25) is 0 Å². The van der Waals surface area contributed by atoms with E-state index in [1.807, 2.05) is 42.2 Å². The number of benzene rings is 1. The molecule has 1 aromatic heterocycles. The first-order valence-corrected chi connectivity index (χ1v) is 7.67. The number of carbonyl (C=O) groups is 1. The van der Waals surface area contributed by atoms with E-state index in [9.17, 15) is 9.59 Å². The lowest BCUT2D eigenvalue weighted by Crippen LogP contribution is -2.41. The van der Waals surface area contributed by atoms with E-state index in [2.05, 4.69) is 15.2 Å². The number of aromatic nitrogens is 3. The Labute approximate surface area is 128 Å². The molecule has 2 atom stereocenters. The molecule has 2 aromatic rings. The third-order valence-corrected chi connectivity index (χ3v) is 4.29. The summed E-state index contributed by atoms with van der Waals surface area (Å²) in [4.78, 5) is 28.7. The van der Waals surface area contributed by atoms with Gasteiger partial charge in [-0.05, 0) is 31.7 Å². The largest absolute Gasteiger partial charge is 0.340 e. The lowest BCUT2D eigenvalue weighted by atomic mass is 9.95. The second-order valence-corrected chi connectivity index (χ2v) is 5.74. The zero-order chi connectivity index (χ0) is 15.5. The highest BCUT2D eigenvalue weighted by Gasteiger charge is 2.32. The Balaban J connectivity index is 1.84. The Morgan fingerprint density at radius 2 is 2.09 bits per heavy atom. The molecule has 1 aliphatic rings. The summed E-state index contributed by atoms with van der Waals surface area (Å²) in [7, 11) is 0. The van der Waals surface area contributed by atoms with Crippen LogP contribution < -0.4 is 5.69 Å². The number of hydrogen-bond donors (Lipinski definition) is 2. The molecule has 2 N–H and O–H groups in total. The summed E-state index contributed by atoms with van der Waals surface area (Å²) < 4.78 is 0. The number of aromatic amines is 2. The summed E-state index contributed by atoms with van der Waals surface area (Å²) in [5.41, 5.74) is 0.677. The third kappa shape index (κ3) is 2.81. The molecule has 0 aliphatic carbocycles. The standard InChI is InChI=1S/C16H20N4O2/c1-11(12-7-3-2-4-8-12)15(21)20-10-6-5-9-13(20)14-17-16(22)19-18-14/h2-4,7-8,11,13H,5-6,9-10H2,1H3,(H2,17,18,19,22)/t11-,13?/m1/s1. The fourth-order valence-corrected chi connectivity index (χ4v) is 3.05. The summed E-state index contributed by atoms with van der Waals surface area (Å²) >= 11 is 0. The van der Waals surface area contributed by atoms with E-state index in [4.69, 9.17) is 0 Å². The predicted molar refractivity (Wildman–Crippen MR) is 82.4 cm³/mol. The molecular weight excluding hydrogens is 280 g/mol. The summed E-state index contributed by atoms with van der Waals surface area (Å²) in [6, 6.07) is 9.62. The molecule has 1 aliphatic heterocycles. The SMILES string of the molecule is C[C@@H](C(=O)N1CCCCC1c1n[nH]c(=O)[nH]1)c1ccccc1. The van der Waals surface area contributed by atoms with Crippen LogP contribution in [0.5, 0.6) is 0 Å². The Morgan fingerprint density at radius 3 is 2.77 bits per heavy atom. The van der Waals surface area contributed by atoms with Crippen LogP contribution in [0, 0.1) is 0 Å². The maximum absolute atomic E-state index is 12.9. The molecule has 2 heterocycles. The van der Waals surface area contributed by atoms with Gasteiger partial charge in [-0.1, -0.05) is 30.3 Å². The number of nitrogens with one attached hydrogen (secondary N) is 2. The number of hydrogen-bond acceptors (Lipinski definition) is 3. The number of piperidine rings is 1. The van der Waals surface area contributed by atoms with E-state index in [1.165, 1.54) is 0 Å². The van der Waals surface area contributed by atoms with Gasteiger partial charge >= 0.3 is 5.69 Å². The van der Waals surface area contributed by atoms with Crippen molar-refractivity contribution in [2.24, 2.45) is 0 Å². The van der Waals surface area contributed by atoms with E-state index in [0.717, 1.165) is 24.8 Å². The molecule has 0 spiro atoms. The monoisotopic (exact) mass is 300 g/mol. The second-order valence-electron chi connectivity index (χ2n) is 5.74. The van der Waals surface area contributed by atoms with Crippen LogP contribution in [0.4, 0.5) is 0 Å². The first kappa shape index (κ1) is 14.6. The Morgan fingerprint density at radius 1 is 1.32 bits per heavy atom. The average Bonchev–Trinajstić information content (AvgIpc) is 3.00. The van der Waals surface area contributed by atoms with Crippen molar-refractivity contribution in [3.63, 3.8) is 0 Å². The van der Waals surface area contributed by atoms with E-state index in [0.29, 0.717) is 12.4 Å². The zero-order valence-corrected chi connectivity index (χ0v) is 12.6. The number of likely N-dealkylation sites (tertiary alicyclic amines) is 1. The molecule has 1 saturated heterocycles. The molecule has 1 unspecified atom stereocenters. The summed E-state index contributed by atoms with van der Waals surface area (Å²) in [6.45, 7) is 2.63. The molecule has 1 amide bonds. The lowest BCUT2D eigenvalue weighted by molar-refractivity contribution is -0.136. The molecule has 0 radical (unpaired) electrons. The molecule has 1 fully saturated rings. The van der Waals surface area contributed by atoms with Gasteiger partial charge in [0.05, 0.1) is 12.0 Å². The van der Waals surface area contributed by atoms with Gasteiger partial charge in [-0.25, -0.2) is 9.89 Å². The van der Waals surface area contributed by atoms with Crippen molar-refractivity contribution < 1.29 is 4.79 Å². The number of nitrogens with zero attached hydrogens (tertiary/aromatic N) is 2. The van der Waals surface area contributed by atoms with E-state index >= 15 is 0 Å². The number of rotatable bonds is 3. The first-order valence-electron chi connectivity index (χ1n) is 7.67. The lowest BCUT2D eigenvalue weighted by Gasteiger charge is -2.36. The molecule has 6 nitrogen and oxygen atoms in total. The van der Waals surface area contributed by atoms with Crippen molar-refractivity contribution in [2.75, 3.05) is 6.54 Å². The Kier molecular flexibility index (Phi) is 4.09. The Bertz CT molecular complexity index is 691. The summed E-state index contributed by atoms with van der Waals surface area (Å²) in [5.74, 6) is 0.436. The highest BCUT2D eigenvalue weighted by atomic mass is 16.2. The van der Waals surface area contributed by atoms with Gasteiger partial charge in [0.1, 0.15) is 0 Å². The summed E-state index contributed by atoms with van der Waals surface area (Å²) in [5, 5.41) is 6.40. The van der Waals surface area contributed by atoms with Gasteiger partial charge in [0.25, 0.3) is 0 Å². The fourth-order valence-electron chi connectivity index (χ4n) is 3.05. The van der Waals surface area contributed by atoms with Crippen LogP contribution in [-0.4, -0.2) is 32.5 Å². The van der Waals surface area contributed by atoms with Crippen molar-refractivity contribution in [3.05, 3.63) is 52.2 Å². The van der Waals surface area contributed by atoms with E-state index in [-0.39, 0.29) is 23.6 Å². The quantitative estimate of drug-likeness (QED) is 0.909. The van der Waals surface area contributed by atoms with Crippen LogP contribution in [0.25, 0.3) is 0 Å². The predicted octanol–water partition coefficient (Wildman–Crippen LogP) is 1.96. The van der Waals surface area contributed by atoms with Crippen LogP contribution in [-0.2, 0) is 4.79 Å². The molecule has 3 rings (SSSR count). The van der Waals surface area contributed by atoms with Gasteiger partial charge in [0.15, 0.2) is 5.82 Å². The average molecular weight is 300 g/mol. The topological polar surface area (TPSA) is 81.8 Å². The van der Waals surface area contributed by atoms with E-state index < -0.39 is 0 Å². The fraction of sp³-hybridized carbons (Fsp3) is 0.438. The van der Waals surface area contributed by atoms with Crippen molar-refractivity contribution in [2.45, 2.75) is 38.1 Å². The van der Waals surface area contributed by atoms with E-state index in [1.54, 1.807) is 0 Å². The molecule has 116 valence electrons. The minimum atomic E-state index is -0.330. The van der Waals surface area contributed by atoms with Gasteiger partial charge in [-0.3, -0.25) is 9.78 Å². The highest BCUT2D eigenvalue weighted by Crippen LogP contribution is 2.31. The van der Waals surface area contributed by atoms with Gasteiger partial charge in [-0.15, -0.1) is 0 Å². The maximum atomic E-state index is 12.9. The number of amides is 1. The van der Waals surface area contributed by atoms with Crippen LogP contribution in [0.3, 0.4) is 0 Å². The summed E-state index contributed by atoms with van der Waals surface area (Å²) in [6.07, 6.45) is 2.84. The van der Waals surface area contributed by atoms with Crippen LogP contribution >= 0.6 is 0 Å². The van der Waals surface area contributed by atoms with Crippen molar-refractivity contribution in [1.82, 2.24) is 20.1 Å². The van der Waals surface area contributed by atoms with Crippen LogP contribution in [0.1, 0.15) is 49.5 Å². The molecular formula is C16H20N4O2. The third-order valence-electron chi connectivity index (χ3n) is 4.29. The molecule has 1 aromatic carbocycles. The zero-order valence-electron chi connectivity index (χ0n) is 12.6. The van der Waals surface area contributed by atoms with Gasteiger partial charge in [-0.2, -0.15) is 5.10 Å². The number of carbonyl (C=O) groups excluding carboxylic acids is 1. The van der Waals surface area contributed by atoms with Gasteiger partial charge < -0.3 is 4.90 Å². The van der Waals surface area contributed by atoms with Crippen molar-refractivity contribution >= 4 is 5.91 Å². The normalized spacial score (nSPS) is 19.9. The van der Waals surface area contributed by atoms with Crippen molar-refractivity contribution in [1.29, 1.82) is 0 Å². The minimum absolute atomic E-state index is 0.0831. The maximum Gasteiger partial charge on any atom is 0.340 e. The molecule has 22 heavy (non-hydrogen) atoms. The first-order chi connectivity index (χ1) is 10.7. The molecule has 0 saturated carbocycles. The smallest absolute Gasteiger partial charge is 0.332 e. The Hall–Kier alpha value is -2.37. The van der Waals surface area contributed by atoms with Crippen LogP contribution in [0.15, 0.2) is 35.1 Å². The van der Waals surface area contributed by atoms with Gasteiger partial charge in [0.2, 0.25) is 5.91 Å². The highest BCUT2D eigenvalue weighted by molar-refractivity contribution is 5.83. The second kappa shape index (κ2) is 6.17. The molecule has 6 heteroatoms. The molecule has 0 bridgehead atoms. The number of H-pyrrole nitrogens is 2. The van der Waals surface area contributed by atoms with Gasteiger partial charge in [0, 0.05) is 6.54 Å². The minimum Gasteiger partial charge on any atom is -0.332 e. The van der Waals surface area contributed by atoms with Crippen molar-refractivity contribution in [3.8, 4) is 0 Å².